The number of benzene rings is 1. The van der Waals surface area contributed by atoms with Crippen LogP contribution in [0.3, 0.4) is 0 Å². The Morgan fingerprint density at radius 2 is 1.94 bits per heavy atom. The lowest BCUT2D eigenvalue weighted by Gasteiger charge is -2.05. The Kier molecular flexibility index (Phi) is 2.49. The van der Waals surface area contributed by atoms with Crippen molar-refractivity contribution in [3.8, 4) is 5.88 Å². The van der Waals surface area contributed by atoms with Crippen molar-refractivity contribution in [3.63, 3.8) is 0 Å². The van der Waals surface area contributed by atoms with Crippen molar-refractivity contribution < 1.29 is 9.37 Å². The van der Waals surface area contributed by atoms with E-state index < -0.39 is 0 Å². The van der Waals surface area contributed by atoms with Crippen LogP contribution in [0.4, 0.5) is 5.95 Å². The van der Waals surface area contributed by atoms with Gasteiger partial charge in [-0.15, -0.1) is 0 Å². The summed E-state index contributed by atoms with van der Waals surface area (Å²) in [6.45, 7) is 0.360. The van der Waals surface area contributed by atoms with Gasteiger partial charge in [0.15, 0.2) is 0 Å². The third-order valence-corrected chi connectivity index (χ3v) is 2.33. The lowest BCUT2D eigenvalue weighted by molar-refractivity contribution is 0.290. The maximum Gasteiger partial charge on any atom is 0.251 e. The van der Waals surface area contributed by atoms with Crippen molar-refractivity contribution in [2.45, 2.75) is 6.61 Å². The fraction of sp³-hybridized carbons (Fsp3) is 0.0909. The minimum absolute atomic E-state index is 0.0706. The largest absolute Gasteiger partial charge is 0.471 e. The van der Waals surface area contributed by atoms with Gasteiger partial charge in [-0.2, -0.15) is 9.97 Å². The van der Waals surface area contributed by atoms with Crippen molar-refractivity contribution in [1.82, 2.24) is 20.3 Å². The van der Waals surface area contributed by atoms with E-state index >= 15 is 0 Å². The van der Waals surface area contributed by atoms with Gasteiger partial charge in [-0.1, -0.05) is 30.3 Å². The van der Waals surface area contributed by atoms with E-state index in [1.54, 1.807) is 0 Å². The molecule has 0 spiro atoms. The zero-order valence-electron chi connectivity index (χ0n) is 9.28. The monoisotopic (exact) mass is 243 g/mol. The lowest BCUT2D eigenvalue weighted by atomic mass is 10.2. The molecule has 2 aromatic heterocycles. The summed E-state index contributed by atoms with van der Waals surface area (Å²) in [6.07, 6.45) is 0. The van der Waals surface area contributed by atoms with Crippen LogP contribution in [-0.2, 0) is 6.61 Å². The molecular weight excluding hydrogens is 234 g/mol. The van der Waals surface area contributed by atoms with E-state index in [1.165, 1.54) is 0 Å². The predicted molar refractivity (Wildman–Crippen MR) is 62.6 cm³/mol. The molecule has 0 fully saturated rings. The SMILES string of the molecule is Nc1nc(OCc2ccccc2)c2nonc2n1. The van der Waals surface area contributed by atoms with E-state index in [9.17, 15) is 0 Å². The van der Waals surface area contributed by atoms with Gasteiger partial charge in [0, 0.05) is 0 Å². The van der Waals surface area contributed by atoms with Crippen LogP contribution in [0.25, 0.3) is 11.2 Å². The Balaban J connectivity index is 1.88. The highest BCUT2D eigenvalue weighted by Gasteiger charge is 2.12. The molecule has 2 heterocycles. The van der Waals surface area contributed by atoms with Gasteiger partial charge < -0.3 is 10.5 Å². The quantitative estimate of drug-likeness (QED) is 0.736. The molecule has 3 rings (SSSR count). The van der Waals surface area contributed by atoms with Crippen LogP contribution in [0.1, 0.15) is 5.56 Å². The molecule has 0 radical (unpaired) electrons. The first kappa shape index (κ1) is 10.5. The maximum atomic E-state index is 5.55. The van der Waals surface area contributed by atoms with Gasteiger partial charge >= 0.3 is 0 Å². The summed E-state index contributed by atoms with van der Waals surface area (Å²) in [7, 11) is 0. The number of fused-ring (bicyclic) bond motifs is 1. The van der Waals surface area contributed by atoms with Gasteiger partial charge in [-0.25, -0.2) is 4.63 Å². The smallest absolute Gasteiger partial charge is 0.251 e. The van der Waals surface area contributed by atoms with Crippen LogP contribution in [0.15, 0.2) is 35.0 Å². The normalized spacial score (nSPS) is 10.7. The number of aromatic nitrogens is 4. The van der Waals surface area contributed by atoms with Crippen molar-refractivity contribution in [2.24, 2.45) is 0 Å². The maximum absolute atomic E-state index is 5.55. The van der Waals surface area contributed by atoms with Crippen molar-refractivity contribution >= 4 is 17.1 Å². The molecule has 0 saturated heterocycles. The molecule has 7 nitrogen and oxygen atoms in total. The Hall–Kier alpha value is -2.70. The molecule has 0 aliphatic carbocycles. The van der Waals surface area contributed by atoms with E-state index in [4.69, 9.17) is 10.5 Å². The second-order valence-electron chi connectivity index (χ2n) is 3.60. The molecule has 0 aliphatic heterocycles. The minimum Gasteiger partial charge on any atom is -0.471 e. The Labute approximate surface area is 102 Å². The first-order valence-corrected chi connectivity index (χ1v) is 5.25. The van der Waals surface area contributed by atoms with Gasteiger partial charge in [0.2, 0.25) is 17.1 Å². The summed E-state index contributed by atoms with van der Waals surface area (Å²) in [6, 6.07) is 9.69. The summed E-state index contributed by atoms with van der Waals surface area (Å²) in [5, 5.41) is 7.28. The van der Waals surface area contributed by atoms with E-state index in [2.05, 4.69) is 24.9 Å². The van der Waals surface area contributed by atoms with Crippen LogP contribution in [-0.4, -0.2) is 20.3 Å². The summed E-state index contributed by atoms with van der Waals surface area (Å²) in [5.74, 6) is 0.337. The second-order valence-corrected chi connectivity index (χ2v) is 3.60. The topological polar surface area (TPSA) is 100.0 Å². The Morgan fingerprint density at radius 3 is 2.78 bits per heavy atom. The zero-order chi connectivity index (χ0) is 12.4. The van der Waals surface area contributed by atoms with Crippen molar-refractivity contribution in [2.75, 3.05) is 5.73 Å². The lowest BCUT2D eigenvalue weighted by Crippen LogP contribution is -2.02. The fourth-order valence-electron chi connectivity index (χ4n) is 1.51. The number of nitrogens with zero attached hydrogens (tertiary/aromatic N) is 4. The fourth-order valence-corrected chi connectivity index (χ4v) is 1.51. The molecular formula is C11H9N5O2. The molecule has 0 unspecified atom stereocenters. The van der Waals surface area contributed by atoms with Crippen LogP contribution in [0.2, 0.25) is 0 Å². The van der Waals surface area contributed by atoms with Gasteiger partial charge in [-0.05, 0) is 15.9 Å². The number of ether oxygens (including phenoxy) is 1. The molecule has 90 valence electrons. The molecule has 0 aliphatic rings. The molecule has 0 saturated carbocycles. The average Bonchev–Trinajstić information content (AvgIpc) is 2.85. The standard InChI is InChI=1S/C11H9N5O2/c12-11-13-9-8(15-18-16-9)10(14-11)17-6-7-4-2-1-3-5-7/h1-5H,6H2,(H2,12,13,16). The number of rotatable bonds is 3. The summed E-state index contributed by atoms with van der Waals surface area (Å²) in [4.78, 5) is 7.84. The number of nitrogens with two attached hydrogens (primary N) is 1. The highest BCUT2D eigenvalue weighted by atomic mass is 16.6. The van der Waals surface area contributed by atoms with E-state index in [0.29, 0.717) is 12.1 Å². The van der Waals surface area contributed by atoms with E-state index in [1.807, 2.05) is 30.3 Å². The number of anilines is 1. The van der Waals surface area contributed by atoms with Crippen LogP contribution >= 0.6 is 0 Å². The van der Waals surface area contributed by atoms with E-state index in [0.717, 1.165) is 5.56 Å². The van der Waals surface area contributed by atoms with Gasteiger partial charge in [0.05, 0.1) is 0 Å². The first-order valence-electron chi connectivity index (χ1n) is 5.25. The minimum atomic E-state index is 0.0706. The van der Waals surface area contributed by atoms with Crippen molar-refractivity contribution in [1.29, 1.82) is 0 Å². The first-order chi connectivity index (χ1) is 8.83. The number of hydrogen-bond donors (Lipinski definition) is 1. The number of hydrogen-bond acceptors (Lipinski definition) is 7. The summed E-state index contributed by atoms with van der Waals surface area (Å²) in [5.41, 5.74) is 7.20. The molecule has 7 heteroatoms. The summed E-state index contributed by atoms with van der Waals surface area (Å²) < 4.78 is 10.1. The number of nitrogen functional groups attached to an aromatic ring is 1. The Bertz CT molecular complexity index is 668. The predicted octanol–water partition coefficient (Wildman–Crippen LogP) is 1.17. The van der Waals surface area contributed by atoms with Crippen molar-refractivity contribution in [3.05, 3.63) is 35.9 Å². The Morgan fingerprint density at radius 1 is 1.11 bits per heavy atom. The zero-order valence-corrected chi connectivity index (χ0v) is 9.28. The molecule has 2 N–H and O–H groups in total. The van der Waals surface area contributed by atoms with Crippen LogP contribution in [0, 0.1) is 0 Å². The highest BCUT2D eigenvalue weighted by Crippen LogP contribution is 2.20. The molecule has 18 heavy (non-hydrogen) atoms. The molecule has 0 atom stereocenters. The van der Waals surface area contributed by atoms with E-state index in [-0.39, 0.29) is 17.5 Å². The average molecular weight is 243 g/mol. The molecule has 0 amide bonds. The van der Waals surface area contributed by atoms with Gasteiger partial charge in [0.1, 0.15) is 6.61 Å². The third-order valence-electron chi connectivity index (χ3n) is 2.33. The van der Waals surface area contributed by atoms with Gasteiger partial charge in [0.25, 0.3) is 5.88 Å². The van der Waals surface area contributed by atoms with Crippen LogP contribution < -0.4 is 10.5 Å². The second kappa shape index (κ2) is 4.28. The molecule has 1 aromatic carbocycles. The summed E-state index contributed by atoms with van der Waals surface area (Å²) >= 11 is 0. The third kappa shape index (κ3) is 1.93. The van der Waals surface area contributed by atoms with Gasteiger partial charge in [-0.3, -0.25) is 0 Å². The molecule has 3 aromatic rings. The molecule has 0 bridgehead atoms. The highest BCUT2D eigenvalue weighted by molar-refractivity contribution is 5.75. The van der Waals surface area contributed by atoms with Crippen LogP contribution in [0.5, 0.6) is 5.88 Å².